The molecule has 5 amide bonds. The molecule has 28 heteroatoms. The van der Waals surface area contributed by atoms with Crippen LogP contribution in [0.5, 0.6) is 0 Å². The molecule has 2 fully saturated rings. The lowest BCUT2D eigenvalue weighted by atomic mass is 9.99. The number of alkyl carbamates (subject to hydrolysis) is 2. The maximum atomic E-state index is 13.6. The van der Waals surface area contributed by atoms with E-state index < -0.39 is 73.2 Å². The Hall–Kier alpha value is -6.17. The molecule has 2 unspecified atom stereocenters. The van der Waals surface area contributed by atoms with E-state index in [1.165, 1.54) is 34.8 Å². The number of rotatable bonds is 16. The van der Waals surface area contributed by atoms with Crippen molar-refractivity contribution >= 4 is 84.6 Å². The van der Waals surface area contributed by atoms with Gasteiger partial charge in [0.1, 0.15) is 15.6 Å². The summed E-state index contributed by atoms with van der Waals surface area (Å²) in [6.45, 7) is 30.5. The Morgan fingerprint density at radius 3 is 1.40 bits per heavy atom. The molecule has 472 valence electrons. The summed E-state index contributed by atoms with van der Waals surface area (Å²) in [7, 11) is -8.02. The van der Waals surface area contributed by atoms with Crippen molar-refractivity contribution in [2.75, 3.05) is 23.7 Å². The number of hydrogen-bond donors (Lipinski definition) is 7. The van der Waals surface area contributed by atoms with Crippen molar-refractivity contribution in [3.8, 4) is 20.9 Å². The summed E-state index contributed by atoms with van der Waals surface area (Å²) in [5.74, 6) is 0. The average Bonchev–Trinajstić information content (AvgIpc) is 2.35. The summed E-state index contributed by atoms with van der Waals surface area (Å²) in [6.07, 6.45) is 1.67. The van der Waals surface area contributed by atoms with Gasteiger partial charge in [-0.15, -0.1) is 22.7 Å². The number of carbonyl (C=O) groups excluding carboxylic acids is 5. The zero-order valence-electron chi connectivity index (χ0n) is 51.7. The summed E-state index contributed by atoms with van der Waals surface area (Å²) >= 11 is 2.66. The predicted octanol–water partition coefficient (Wildman–Crippen LogP) is 11.2. The molecule has 0 bridgehead atoms. The van der Waals surface area contributed by atoms with Gasteiger partial charge in [0.2, 0.25) is 20.0 Å². The monoisotopic (exact) mass is 1260 g/mol. The van der Waals surface area contributed by atoms with Gasteiger partial charge in [0, 0.05) is 65.1 Å². The SMILES string of the molecule is CC(C)OC(=O)Nc1ccc(-c2cnc(C3CC[C@@H](NC(=O)OC(C)C)CN3)s2)c(S(=O)(=O)NC(C)(C)C)c1.CC(C)OC(=O)Nc1ccc(-c2cnc(C3CC[C@@H](NC(=O)OC(C)C)CN3C(=O)OC(C)(C)C)s2)c(S(=O)(=O)NC(C)(C)C)c1. The van der Waals surface area contributed by atoms with E-state index in [4.69, 9.17) is 23.7 Å². The Kier molecular flexibility index (Phi) is 23.8. The lowest BCUT2D eigenvalue weighted by Gasteiger charge is -2.39. The number of nitrogens with zero attached hydrogens (tertiary/aromatic N) is 3. The number of likely N-dealkylation sites (tertiary alicyclic amines) is 1. The topological polar surface area (TPSA) is 313 Å². The summed E-state index contributed by atoms with van der Waals surface area (Å²) in [6, 6.07) is 8.38. The van der Waals surface area contributed by atoms with Gasteiger partial charge >= 0.3 is 30.5 Å². The quantitative estimate of drug-likeness (QED) is 0.0513. The van der Waals surface area contributed by atoms with Gasteiger partial charge in [0.05, 0.1) is 62.1 Å². The normalized spacial score (nSPS) is 17.8. The molecule has 7 N–H and O–H groups in total. The van der Waals surface area contributed by atoms with E-state index in [-0.39, 0.29) is 64.6 Å². The number of anilines is 2. The van der Waals surface area contributed by atoms with Crippen molar-refractivity contribution in [3.05, 3.63) is 58.8 Å². The van der Waals surface area contributed by atoms with Crippen LogP contribution in [0.15, 0.2) is 58.6 Å². The number of ether oxygens (including phenoxy) is 5. The molecule has 6 rings (SSSR count). The van der Waals surface area contributed by atoms with Gasteiger partial charge in [-0.25, -0.2) is 60.2 Å². The first-order chi connectivity index (χ1) is 39.3. The van der Waals surface area contributed by atoms with E-state index in [9.17, 15) is 40.8 Å². The van der Waals surface area contributed by atoms with Crippen LogP contribution in [0.1, 0.15) is 165 Å². The third-order valence-electron chi connectivity index (χ3n) is 11.7. The zero-order chi connectivity index (χ0) is 63.6. The Bertz CT molecular complexity index is 3190. The Balaban J connectivity index is 0.000000315. The number of sulfonamides is 2. The van der Waals surface area contributed by atoms with Crippen molar-refractivity contribution in [3.63, 3.8) is 0 Å². The number of piperidine rings is 2. The van der Waals surface area contributed by atoms with Crippen LogP contribution < -0.4 is 36.0 Å². The van der Waals surface area contributed by atoms with Crippen LogP contribution >= 0.6 is 22.7 Å². The van der Waals surface area contributed by atoms with Crippen molar-refractivity contribution in [1.82, 2.24) is 40.3 Å². The van der Waals surface area contributed by atoms with Crippen LogP contribution in [-0.4, -0.2) is 128 Å². The maximum Gasteiger partial charge on any atom is 0.411 e. The molecule has 2 aromatic carbocycles. The van der Waals surface area contributed by atoms with Gasteiger partial charge in [-0.1, -0.05) is 12.1 Å². The second kappa shape index (κ2) is 29.0. The molecular weight excluding hydrogens is 1180 g/mol. The fraction of sp³-hybridized carbons (Fsp3) is 0.596. The van der Waals surface area contributed by atoms with Crippen LogP contribution in [0.3, 0.4) is 0 Å². The molecular formula is C57H86N10O14S4. The minimum absolute atomic E-state index is 0.0255. The molecule has 2 aliphatic rings. The van der Waals surface area contributed by atoms with Gasteiger partial charge < -0.3 is 39.6 Å². The molecule has 2 aromatic heterocycles. The first kappa shape index (κ1) is 69.6. The highest BCUT2D eigenvalue weighted by Gasteiger charge is 2.38. The molecule has 4 aromatic rings. The second-order valence-corrected chi connectivity index (χ2v) is 30.2. The Labute approximate surface area is 508 Å². The molecule has 0 radical (unpaired) electrons. The van der Waals surface area contributed by atoms with Gasteiger partial charge in [-0.05, 0) is 168 Å². The van der Waals surface area contributed by atoms with Crippen LogP contribution in [0.2, 0.25) is 0 Å². The lowest BCUT2D eigenvalue weighted by Crippen LogP contribution is -2.52. The van der Waals surface area contributed by atoms with Gasteiger partial charge in [-0.2, -0.15) is 0 Å². The number of hydrogen-bond acceptors (Lipinski definition) is 19. The highest BCUT2D eigenvalue weighted by Crippen LogP contribution is 2.41. The van der Waals surface area contributed by atoms with Crippen LogP contribution in [0, 0.1) is 0 Å². The van der Waals surface area contributed by atoms with Crippen molar-refractivity contribution < 1.29 is 64.5 Å². The summed E-state index contributed by atoms with van der Waals surface area (Å²) < 4.78 is 85.9. The highest BCUT2D eigenvalue weighted by atomic mass is 32.2. The van der Waals surface area contributed by atoms with Crippen LogP contribution in [-0.2, 0) is 43.7 Å². The largest absolute Gasteiger partial charge is 0.447 e. The van der Waals surface area contributed by atoms with E-state index >= 15 is 0 Å². The number of aromatic nitrogens is 2. The Morgan fingerprint density at radius 1 is 0.576 bits per heavy atom. The van der Waals surface area contributed by atoms with E-state index in [0.717, 1.165) is 17.8 Å². The number of benzene rings is 2. The van der Waals surface area contributed by atoms with E-state index in [1.54, 1.807) is 159 Å². The van der Waals surface area contributed by atoms with E-state index in [2.05, 4.69) is 46.0 Å². The summed E-state index contributed by atoms with van der Waals surface area (Å²) in [4.78, 5) is 74.0. The number of thiazole rings is 2. The molecule has 0 saturated carbocycles. The van der Waals surface area contributed by atoms with Crippen molar-refractivity contribution in [1.29, 1.82) is 0 Å². The molecule has 2 saturated heterocycles. The van der Waals surface area contributed by atoms with Crippen molar-refractivity contribution in [2.45, 2.75) is 218 Å². The number of amides is 5. The van der Waals surface area contributed by atoms with Crippen LogP contribution in [0.25, 0.3) is 20.9 Å². The molecule has 2 aliphatic heterocycles. The molecule has 24 nitrogen and oxygen atoms in total. The lowest BCUT2D eigenvalue weighted by molar-refractivity contribution is 0.00488. The molecule has 85 heavy (non-hydrogen) atoms. The predicted molar refractivity (Wildman–Crippen MR) is 328 cm³/mol. The van der Waals surface area contributed by atoms with Crippen molar-refractivity contribution in [2.24, 2.45) is 0 Å². The Morgan fingerprint density at radius 2 is 0.988 bits per heavy atom. The minimum Gasteiger partial charge on any atom is -0.447 e. The fourth-order valence-corrected chi connectivity index (χ4v) is 14.4. The van der Waals surface area contributed by atoms with E-state index in [1.807, 2.05) is 0 Å². The third-order valence-corrected chi connectivity index (χ3v) is 17.6. The maximum absolute atomic E-state index is 13.6. The van der Waals surface area contributed by atoms with Crippen LogP contribution in [0.4, 0.5) is 35.3 Å². The molecule has 0 aliphatic carbocycles. The summed E-state index contributed by atoms with van der Waals surface area (Å²) in [5, 5.41) is 15.7. The van der Waals surface area contributed by atoms with Gasteiger partial charge in [-0.3, -0.25) is 15.5 Å². The molecule has 4 heterocycles. The fourth-order valence-electron chi connectivity index (χ4n) is 8.72. The first-order valence-electron chi connectivity index (χ1n) is 28.2. The highest BCUT2D eigenvalue weighted by molar-refractivity contribution is 7.90. The third kappa shape index (κ3) is 22.2. The second-order valence-electron chi connectivity index (χ2n) is 24.8. The zero-order valence-corrected chi connectivity index (χ0v) is 54.9. The number of nitrogens with one attached hydrogen (secondary N) is 7. The first-order valence-corrected chi connectivity index (χ1v) is 32.8. The molecule has 4 atom stereocenters. The standard InChI is InChI=1S/C31H47N5O8S2.C26H39N5O6S2/c1-18(2)42-27(37)33-20-11-13-22(25(15-20)46(40,41)35-30(5,6)7)24-16-32-26(45-24)23-14-12-21(34-28(38)43-19(3)4)17-36(23)29(39)44-31(8,9)10;1-15(2)36-24(32)29-17-8-10-19(22(12-17)39(34,35)31-26(5,6)7)21-14-28-23(38-21)20-11-9-18(13-27-20)30-25(33)37-16(3)4/h11,13,15-16,18-19,21,23,35H,12,14,17H2,1-10H3,(H,33,37)(H,34,38);8,10,12,14-16,18,20,27,31H,9,11,13H2,1-7H3,(H,29,32)(H,30,33)/t21-,23?;18-,20?/m11/s1. The average molecular weight is 1260 g/mol. The summed E-state index contributed by atoms with van der Waals surface area (Å²) in [5.41, 5.74) is -0.861. The van der Waals surface area contributed by atoms with Gasteiger partial charge in [0.15, 0.2) is 0 Å². The minimum atomic E-state index is -4.07. The van der Waals surface area contributed by atoms with Gasteiger partial charge in [0.25, 0.3) is 0 Å². The number of carbonyl (C=O) groups is 5. The molecule has 0 spiro atoms. The smallest absolute Gasteiger partial charge is 0.411 e. The van der Waals surface area contributed by atoms with E-state index in [0.29, 0.717) is 51.0 Å².